The third-order valence-corrected chi connectivity index (χ3v) is 5.05. The Balaban J connectivity index is 1.98. The number of hydrogen-bond acceptors (Lipinski definition) is 4. The Labute approximate surface area is 157 Å². The van der Waals surface area contributed by atoms with Gasteiger partial charge in [0.2, 0.25) is 0 Å². The zero-order valence-electron chi connectivity index (χ0n) is 15.6. The number of phenols is 3. The van der Waals surface area contributed by atoms with Gasteiger partial charge in [0.05, 0.1) is 5.56 Å². The van der Waals surface area contributed by atoms with E-state index in [9.17, 15) is 20.1 Å². The lowest BCUT2D eigenvalue weighted by atomic mass is 9.95. The molecule has 0 aliphatic heterocycles. The maximum atomic E-state index is 12.8. The van der Waals surface area contributed by atoms with E-state index in [1.807, 2.05) is 44.2 Å². The molecule has 0 saturated carbocycles. The van der Waals surface area contributed by atoms with Crippen LogP contribution in [0.4, 0.5) is 0 Å². The predicted octanol–water partition coefficient (Wildman–Crippen LogP) is 4.11. The zero-order valence-corrected chi connectivity index (χ0v) is 15.6. The lowest BCUT2D eigenvalue weighted by Gasteiger charge is -2.16. The van der Waals surface area contributed by atoms with E-state index in [0.717, 1.165) is 11.1 Å². The molecule has 3 aromatic rings. The average molecular weight is 365 g/mol. The second-order valence-electron chi connectivity index (χ2n) is 6.90. The second kappa shape index (κ2) is 7.19. The normalized spacial score (nSPS) is 12.1. The summed E-state index contributed by atoms with van der Waals surface area (Å²) in [6.45, 7) is 5.94. The molecule has 3 aromatic carbocycles. The molecule has 5 nitrogen and oxygen atoms in total. The molecule has 5 heteroatoms. The number of aryl methyl sites for hydroxylation is 1. The summed E-state index contributed by atoms with van der Waals surface area (Å²) in [6.07, 6.45) is 0. The van der Waals surface area contributed by atoms with Gasteiger partial charge in [-0.3, -0.25) is 4.79 Å². The molecule has 0 heterocycles. The van der Waals surface area contributed by atoms with Crippen LogP contribution >= 0.6 is 0 Å². The van der Waals surface area contributed by atoms with Crippen molar-refractivity contribution in [3.63, 3.8) is 0 Å². The highest BCUT2D eigenvalue weighted by atomic mass is 16.3. The molecule has 3 rings (SSSR count). The van der Waals surface area contributed by atoms with Crippen LogP contribution in [0.2, 0.25) is 0 Å². The smallest absolute Gasteiger partial charge is 0.255 e. The number of amides is 1. The van der Waals surface area contributed by atoms with Gasteiger partial charge in [0.25, 0.3) is 5.91 Å². The van der Waals surface area contributed by atoms with Crippen LogP contribution in [0.25, 0.3) is 10.8 Å². The molecule has 0 radical (unpaired) electrons. The van der Waals surface area contributed by atoms with Gasteiger partial charge in [-0.1, -0.05) is 37.3 Å². The Morgan fingerprint density at radius 3 is 2.33 bits per heavy atom. The van der Waals surface area contributed by atoms with Gasteiger partial charge in [0.15, 0.2) is 11.5 Å². The fourth-order valence-electron chi connectivity index (χ4n) is 3.20. The number of carbonyl (C=O) groups is 1. The first kappa shape index (κ1) is 18.6. The van der Waals surface area contributed by atoms with Gasteiger partial charge in [-0.2, -0.15) is 0 Å². The van der Waals surface area contributed by atoms with E-state index in [1.165, 1.54) is 6.07 Å². The van der Waals surface area contributed by atoms with Crippen molar-refractivity contribution < 1.29 is 20.1 Å². The molecule has 0 aromatic heterocycles. The third-order valence-electron chi connectivity index (χ3n) is 5.05. The van der Waals surface area contributed by atoms with Gasteiger partial charge >= 0.3 is 0 Å². The molecule has 27 heavy (non-hydrogen) atoms. The van der Waals surface area contributed by atoms with Gasteiger partial charge in [0, 0.05) is 17.3 Å². The van der Waals surface area contributed by atoms with E-state index >= 15 is 0 Å². The zero-order chi connectivity index (χ0) is 19.7. The van der Waals surface area contributed by atoms with Crippen LogP contribution in [0.3, 0.4) is 0 Å². The second-order valence-corrected chi connectivity index (χ2v) is 6.90. The van der Waals surface area contributed by atoms with Crippen LogP contribution < -0.4 is 5.32 Å². The van der Waals surface area contributed by atoms with Gasteiger partial charge in [-0.15, -0.1) is 0 Å². The van der Waals surface area contributed by atoms with Gasteiger partial charge < -0.3 is 20.6 Å². The first-order valence-corrected chi connectivity index (χ1v) is 8.82. The van der Waals surface area contributed by atoms with Crippen LogP contribution in [0, 0.1) is 13.8 Å². The summed E-state index contributed by atoms with van der Waals surface area (Å²) in [7, 11) is 0. The maximum Gasteiger partial charge on any atom is 0.255 e. The highest BCUT2D eigenvalue weighted by Gasteiger charge is 2.22. The minimum absolute atomic E-state index is 0.00740. The topological polar surface area (TPSA) is 89.8 Å². The number of carbonyl (C=O) groups excluding carboxylic acids is 1. The summed E-state index contributed by atoms with van der Waals surface area (Å²) in [5.41, 5.74) is 2.50. The van der Waals surface area contributed by atoms with Crippen LogP contribution in [-0.2, 0) is 0 Å². The number of benzene rings is 3. The summed E-state index contributed by atoms with van der Waals surface area (Å²) in [4.78, 5) is 12.8. The monoisotopic (exact) mass is 365 g/mol. The van der Waals surface area contributed by atoms with Crippen molar-refractivity contribution in [1.29, 1.82) is 0 Å². The molecule has 0 aliphatic carbocycles. The molecule has 0 fully saturated rings. The van der Waals surface area contributed by atoms with Gasteiger partial charge in [-0.25, -0.2) is 0 Å². The number of rotatable bonds is 4. The highest BCUT2D eigenvalue weighted by molar-refractivity contribution is 6.12. The number of fused-ring (bicyclic) bond motifs is 1. The number of hydrogen-bond donors (Lipinski definition) is 4. The molecular formula is C22H23NO4. The van der Waals surface area contributed by atoms with Gasteiger partial charge in [0.1, 0.15) is 5.75 Å². The first-order chi connectivity index (χ1) is 12.8. The molecule has 0 unspecified atom stereocenters. The Morgan fingerprint density at radius 2 is 1.67 bits per heavy atom. The van der Waals surface area contributed by atoms with Crippen LogP contribution in [0.15, 0.2) is 42.5 Å². The molecule has 1 atom stereocenters. The van der Waals surface area contributed by atoms with E-state index in [-0.39, 0.29) is 17.2 Å². The van der Waals surface area contributed by atoms with Crippen molar-refractivity contribution in [2.75, 3.05) is 6.54 Å². The maximum absolute atomic E-state index is 12.8. The van der Waals surface area contributed by atoms with E-state index in [1.54, 1.807) is 13.0 Å². The van der Waals surface area contributed by atoms with E-state index in [2.05, 4.69) is 5.32 Å². The largest absolute Gasteiger partial charge is 0.507 e. The summed E-state index contributed by atoms with van der Waals surface area (Å²) in [6, 6.07) is 12.8. The summed E-state index contributed by atoms with van der Waals surface area (Å²) in [5, 5.41) is 34.3. The van der Waals surface area contributed by atoms with E-state index < -0.39 is 17.4 Å². The minimum atomic E-state index is -0.501. The standard InChI is InChI=1S/C22H23NO4/c1-12-9-16-17(20(25)14(12)3)10-18(24)21(26)19(16)22(27)23-11-13(2)15-7-5-4-6-8-15/h4-10,13,24-26H,11H2,1-3H3,(H,23,27)/t13-/m0/s1. The molecule has 140 valence electrons. The molecule has 0 aliphatic rings. The molecule has 4 N–H and O–H groups in total. The van der Waals surface area contributed by atoms with Crippen molar-refractivity contribution in [1.82, 2.24) is 5.32 Å². The Morgan fingerprint density at radius 1 is 1.00 bits per heavy atom. The Bertz CT molecular complexity index is 1010. The Kier molecular flexibility index (Phi) is 4.95. The van der Waals surface area contributed by atoms with Gasteiger partial charge in [-0.05, 0) is 48.6 Å². The molecular weight excluding hydrogens is 342 g/mol. The Hall–Kier alpha value is -3.21. The summed E-state index contributed by atoms with van der Waals surface area (Å²) in [5.74, 6) is -1.36. The van der Waals surface area contributed by atoms with Crippen LogP contribution in [-0.4, -0.2) is 27.8 Å². The van der Waals surface area contributed by atoms with Crippen molar-refractivity contribution >= 4 is 16.7 Å². The van der Waals surface area contributed by atoms with Crippen molar-refractivity contribution in [3.8, 4) is 17.2 Å². The van der Waals surface area contributed by atoms with Crippen molar-refractivity contribution in [2.45, 2.75) is 26.7 Å². The van der Waals surface area contributed by atoms with Crippen molar-refractivity contribution in [2.24, 2.45) is 0 Å². The third kappa shape index (κ3) is 3.40. The molecule has 0 bridgehead atoms. The van der Waals surface area contributed by atoms with Crippen LogP contribution in [0.5, 0.6) is 17.2 Å². The highest BCUT2D eigenvalue weighted by Crippen LogP contribution is 2.41. The SMILES string of the molecule is Cc1cc2c(C(=O)NC[C@H](C)c3ccccc3)c(O)c(O)cc2c(O)c1C. The predicted molar refractivity (Wildman–Crippen MR) is 106 cm³/mol. The number of phenolic OH excluding ortho intramolecular Hbond substituents is 3. The average Bonchev–Trinajstić information content (AvgIpc) is 2.67. The fraction of sp³-hybridized carbons (Fsp3) is 0.227. The van der Waals surface area contributed by atoms with E-state index in [0.29, 0.717) is 22.9 Å². The molecule has 0 spiro atoms. The lowest BCUT2D eigenvalue weighted by molar-refractivity contribution is 0.0950. The van der Waals surface area contributed by atoms with Crippen molar-refractivity contribution in [3.05, 3.63) is 64.7 Å². The first-order valence-electron chi connectivity index (χ1n) is 8.82. The molecule has 0 saturated heterocycles. The quantitative estimate of drug-likeness (QED) is 0.524. The van der Waals surface area contributed by atoms with E-state index in [4.69, 9.17) is 0 Å². The summed E-state index contributed by atoms with van der Waals surface area (Å²) >= 11 is 0. The summed E-state index contributed by atoms with van der Waals surface area (Å²) < 4.78 is 0. The lowest BCUT2D eigenvalue weighted by Crippen LogP contribution is -2.27. The number of nitrogens with one attached hydrogen (secondary N) is 1. The van der Waals surface area contributed by atoms with Crippen LogP contribution in [0.1, 0.15) is 39.9 Å². The number of aromatic hydroxyl groups is 3. The fourth-order valence-corrected chi connectivity index (χ4v) is 3.20. The minimum Gasteiger partial charge on any atom is -0.507 e. The molecule has 1 amide bonds.